The van der Waals surface area contributed by atoms with E-state index in [2.05, 4.69) is 37.1 Å². The summed E-state index contributed by atoms with van der Waals surface area (Å²) >= 11 is 0. The molecule has 8 nitrogen and oxygen atoms in total. The van der Waals surface area contributed by atoms with E-state index in [1.165, 1.54) is 10.8 Å². The Morgan fingerprint density at radius 3 is 2.56 bits per heavy atom. The Bertz CT molecular complexity index is 1350. The van der Waals surface area contributed by atoms with Gasteiger partial charge < -0.3 is 10.1 Å². The molecule has 1 fully saturated rings. The molecule has 1 saturated carbocycles. The maximum atomic E-state index is 13.2. The Morgan fingerprint density at radius 1 is 1.31 bits per heavy atom. The monoisotopic (exact) mass is 517 g/mol. The molecule has 1 aromatic heterocycles. The van der Waals surface area contributed by atoms with Gasteiger partial charge in [0.1, 0.15) is 27.5 Å². The molecule has 0 unspecified atom stereocenters. The molecule has 196 valence electrons. The Hall–Kier alpha value is -2.86. The van der Waals surface area contributed by atoms with Gasteiger partial charge in [-0.15, -0.1) is 0 Å². The molecular formula is C27H38N4O4S. The van der Waals surface area contributed by atoms with Gasteiger partial charge in [0.25, 0.3) is 5.91 Å². The summed E-state index contributed by atoms with van der Waals surface area (Å²) in [5.74, 6) is 0.131. The van der Waals surface area contributed by atoms with Crippen LogP contribution in [0.4, 0.5) is 0 Å². The van der Waals surface area contributed by atoms with Gasteiger partial charge in [-0.05, 0) is 61.1 Å². The van der Waals surface area contributed by atoms with Crippen molar-refractivity contribution in [2.75, 3.05) is 19.8 Å². The highest BCUT2D eigenvalue weighted by molar-refractivity contribution is 7.91. The number of rotatable bonds is 8. The third kappa shape index (κ3) is 6.47. The Labute approximate surface area is 219 Å². The molecule has 0 atom stereocenters. The minimum atomic E-state index is -3.07. The summed E-state index contributed by atoms with van der Waals surface area (Å²) in [6, 6.07) is 7.31. The van der Waals surface area contributed by atoms with Gasteiger partial charge in [-0.25, -0.2) is 13.4 Å². The lowest BCUT2D eigenvalue weighted by Gasteiger charge is -2.27. The first-order valence-corrected chi connectivity index (χ1v) is 14.3. The quantitative estimate of drug-likeness (QED) is 0.560. The average Bonchev–Trinajstić information content (AvgIpc) is 3.19. The van der Waals surface area contributed by atoms with E-state index in [4.69, 9.17) is 8.85 Å². The first kappa shape index (κ1) is 23.5. The number of nitrogens with one attached hydrogen (secondary N) is 1. The number of aryl methyl sites for hydroxylation is 1. The van der Waals surface area contributed by atoms with Crippen molar-refractivity contribution in [3.05, 3.63) is 41.0 Å². The van der Waals surface area contributed by atoms with E-state index in [0.29, 0.717) is 56.6 Å². The minimum Gasteiger partial charge on any atom is -0.495 e. The molecule has 0 spiro atoms. The van der Waals surface area contributed by atoms with Crippen molar-refractivity contribution in [3.8, 4) is 17.5 Å². The van der Waals surface area contributed by atoms with Gasteiger partial charge in [0, 0.05) is 19.2 Å². The fraction of sp³-hybridized carbons (Fsp3) is 0.593. The summed E-state index contributed by atoms with van der Waals surface area (Å²) in [7, 11) is -5.79. The predicted octanol–water partition coefficient (Wildman–Crippen LogP) is 4.24. The van der Waals surface area contributed by atoms with Crippen molar-refractivity contribution in [2.24, 2.45) is 11.3 Å². The predicted molar refractivity (Wildman–Crippen MR) is 140 cm³/mol. The number of methoxy groups -OCH3 is 1. The van der Waals surface area contributed by atoms with Gasteiger partial charge in [0.2, 0.25) is 0 Å². The number of benzene rings is 1. The summed E-state index contributed by atoms with van der Waals surface area (Å²) in [6.07, 6.45) is 4.83. The number of carbonyl (C=O) groups is 1. The summed E-state index contributed by atoms with van der Waals surface area (Å²) in [6.45, 7) is 8.41. The SMILES string of the molecule is [2H]C([2H])([2H])Oc1cc(CC(C)(C)C)ccc1-n1c(CC)nc(C(=O)NCC2CCC(S(C)(=O)=O)CC2)c1C#N. The molecule has 1 aliphatic carbocycles. The number of nitrogens with zero attached hydrogens (tertiary/aromatic N) is 3. The van der Waals surface area contributed by atoms with E-state index in [1.807, 2.05) is 13.0 Å². The van der Waals surface area contributed by atoms with Crippen LogP contribution in [-0.4, -0.2) is 49.0 Å². The first-order valence-electron chi connectivity index (χ1n) is 13.8. The van der Waals surface area contributed by atoms with E-state index in [-0.39, 0.29) is 33.7 Å². The second-order valence-electron chi connectivity index (χ2n) is 10.8. The van der Waals surface area contributed by atoms with Crippen LogP contribution in [0.1, 0.15) is 85.1 Å². The Morgan fingerprint density at radius 2 is 2.00 bits per heavy atom. The standard InChI is InChI=1S/C27H38N4O4S/c1-7-24-30-25(26(32)29-17-18-8-11-20(12-9-18)36(6,33)34)22(16-28)31(24)21-13-10-19(14-23(21)35-5)15-27(2,3)4/h10,13-14,18,20H,7-9,11-12,15,17H2,1-6H3,(H,29,32)/i5D3. The average molecular weight is 518 g/mol. The van der Waals surface area contributed by atoms with Crippen LogP contribution in [0.5, 0.6) is 5.75 Å². The molecule has 1 heterocycles. The molecule has 0 radical (unpaired) electrons. The molecular weight excluding hydrogens is 476 g/mol. The second kappa shape index (κ2) is 11.0. The van der Waals surface area contributed by atoms with Gasteiger partial charge in [-0.2, -0.15) is 5.26 Å². The Balaban J connectivity index is 1.92. The number of hydrogen-bond acceptors (Lipinski definition) is 6. The summed E-state index contributed by atoms with van der Waals surface area (Å²) in [5, 5.41) is 12.6. The maximum absolute atomic E-state index is 13.2. The van der Waals surface area contributed by atoms with Crippen LogP contribution < -0.4 is 10.1 Å². The largest absolute Gasteiger partial charge is 0.495 e. The molecule has 0 saturated heterocycles. The molecule has 1 aliphatic rings. The molecule has 0 aliphatic heterocycles. The third-order valence-electron chi connectivity index (χ3n) is 6.64. The van der Waals surface area contributed by atoms with Crippen molar-refractivity contribution in [2.45, 2.75) is 71.5 Å². The molecule has 1 amide bonds. The fourth-order valence-corrected chi connectivity index (χ4v) is 5.99. The number of nitriles is 1. The summed E-state index contributed by atoms with van der Waals surface area (Å²) in [4.78, 5) is 17.6. The van der Waals surface area contributed by atoms with Crippen LogP contribution in [0.2, 0.25) is 0 Å². The fourth-order valence-electron chi connectivity index (χ4n) is 4.86. The number of ether oxygens (including phenoxy) is 1. The van der Waals surface area contributed by atoms with Crippen LogP contribution in [-0.2, 0) is 22.7 Å². The molecule has 3 rings (SSSR count). The van der Waals surface area contributed by atoms with Crippen LogP contribution in [0, 0.1) is 22.7 Å². The zero-order valence-corrected chi connectivity index (χ0v) is 22.5. The first-order chi connectivity index (χ1) is 18.0. The zero-order chi connectivity index (χ0) is 29.2. The van der Waals surface area contributed by atoms with E-state index >= 15 is 0 Å². The molecule has 1 aromatic carbocycles. The van der Waals surface area contributed by atoms with Crippen LogP contribution in [0.15, 0.2) is 18.2 Å². The molecule has 1 N–H and O–H groups in total. The number of imidazole rings is 1. The van der Waals surface area contributed by atoms with Crippen molar-refractivity contribution < 1.29 is 22.1 Å². The number of hydrogen-bond donors (Lipinski definition) is 1. The van der Waals surface area contributed by atoms with Crippen LogP contribution in [0.3, 0.4) is 0 Å². The number of aromatic nitrogens is 2. The lowest BCUT2D eigenvalue weighted by Crippen LogP contribution is -2.34. The summed E-state index contributed by atoms with van der Waals surface area (Å²) in [5.41, 5.74) is 1.10. The van der Waals surface area contributed by atoms with E-state index in [0.717, 1.165) is 5.56 Å². The minimum absolute atomic E-state index is 0.0101. The Kier molecular flexibility index (Phi) is 7.21. The molecule has 0 bridgehead atoms. The third-order valence-corrected chi connectivity index (χ3v) is 8.33. The molecule has 36 heavy (non-hydrogen) atoms. The topological polar surface area (TPSA) is 114 Å². The molecule has 9 heteroatoms. The van der Waals surface area contributed by atoms with Gasteiger partial charge in [-0.3, -0.25) is 9.36 Å². The molecule has 2 aromatic rings. The van der Waals surface area contributed by atoms with E-state index in [1.54, 1.807) is 12.1 Å². The van der Waals surface area contributed by atoms with Gasteiger partial charge in [-0.1, -0.05) is 33.8 Å². The van der Waals surface area contributed by atoms with Crippen molar-refractivity contribution in [1.29, 1.82) is 5.26 Å². The smallest absolute Gasteiger partial charge is 0.272 e. The van der Waals surface area contributed by atoms with Crippen molar-refractivity contribution in [1.82, 2.24) is 14.9 Å². The van der Waals surface area contributed by atoms with Crippen molar-refractivity contribution in [3.63, 3.8) is 0 Å². The second-order valence-corrected chi connectivity index (χ2v) is 13.2. The van der Waals surface area contributed by atoms with Crippen molar-refractivity contribution >= 4 is 15.7 Å². The number of sulfone groups is 1. The van der Waals surface area contributed by atoms with E-state index < -0.39 is 22.8 Å². The highest BCUT2D eigenvalue weighted by Gasteiger charge is 2.29. The van der Waals surface area contributed by atoms with E-state index in [9.17, 15) is 18.5 Å². The van der Waals surface area contributed by atoms with Gasteiger partial charge in [0.15, 0.2) is 11.4 Å². The van der Waals surface area contributed by atoms with Crippen LogP contribution in [0.25, 0.3) is 5.69 Å². The normalized spacial score (nSPS) is 20.1. The van der Waals surface area contributed by atoms with Gasteiger partial charge >= 0.3 is 0 Å². The highest BCUT2D eigenvalue weighted by Crippen LogP contribution is 2.31. The number of carbonyl (C=O) groups excluding carboxylic acids is 1. The van der Waals surface area contributed by atoms with Gasteiger partial charge in [0.05, 0.1) is 22.1 Å². The lowest BCUT2D eigenvalue weighted by atomic mass is 9.88. The maximum Gasteiger partial charge on any atom is 0.272 e. The highest BCUT2D eigenvalue weighted by atomic mass is 32.2. The summed E-state index contributed by atoms with van der Waals surface area (Å²) < 4.78 is 53.5. The van der Waals surface area contributed by atoms with Crippen LogP contribution >= 0.6 is 0 Å². The zero-order valence-electron chi connectivity index (χ0n) is 24.7. The number of amides is 1. The lowest BCUT2D eigenvalue weighted by molar-refractivity contribution is 0.0938.